The summed E-state index contributed by atoms with van der Waals surface area (Å²) in [5.41, 5.74) is 0.890. The molecular formula is C15H22Cl3N. The highest BCUT2D eigenvalue weighted by atomic mass is 35.5. The zero-order valence-electron chi connectivity index (χ0n) is 11.6. The largest absolute Gasteiger partial charge is 0.312 e. The fraction of sp³-hybridized carbons (Fsp3) is 0.600. The first-order valence-electron chi connectivity index (χ1n) is 6.93. The molecule has 1 unspecified atom stereocenters. The van der Waals surface area contributed by atoms with E-state index in [1.54, 1.807) is 12.1 Å². The van der Waals surface area contributed by atoms with Crippen LogP contribution in [0.4, 0.5) is 0 Å². The Kier molecular flexibility index (Phi) is 8.17. The van der Waals surface area contributed by atoms with Gasteiger partial charge >= 0.3 is 0 Å². The Morgan fingerprint density at radius 2 is 1.79 bits per heavy atom. The summed E-state index contributed by atoms with van der Waals surface area (Å²) in [4.78, 5) is 0. The van der Waals surface area contributed by atoms with E-state index in [1.807, 2.05) is 0 Å². The Bertz CT molecular complexity index is 393. The van der Waals surface area contributed by atoms with Crippen LogP contribution in [0.2, 0.25) is 15.1 Å². The average molecular weight is 323 g/mol. The molecule has 0 aliphatic heterocycles. The summed E-state index contributed by atoms with van der Waals surface area (Å²) < 4.78 is 0. The zero-order valence-corrected chi connectivity index (χ0v) is 13.9. The van der Waals surface area contributed by atoms with Crippen molar-refractivity contribution in [3.63, 3.8) is 0 Å². The van der Waals surface area contributed by atoms with Gasteiger partial charge in [0, 0.05) is 17.1 Å². The van der Waals surface area contributed by atoms with Crippen molar-refractivity contribution < 1.29 is 0 Å². The lowest BCUT2D eigenvalue weighted by Crippen LogP contribution is -2.22. The second-order valence-electron chi connectivity index (χ2n) is 4.87. The lowest BCUT2D eigenvalue weighted by atomic mass is 9.99. The van der Waals surface area contributed by atoms with Crippen molar-refractivity contribution in [3.05, 3.63) is 32.8 Å². The summed E-state index contributed by atoms with van der Waals surface area (Å²) in [5, 5.41) is 5.23. The van der Waals surface area contributed by atoms with Gasteiger partial charge in [-0.05, 0) is 31.0 Å². The number of halogens is 3. The second kappa shape index (κ2) is 9.07. The Morgan fingerprint density at radius 3 is 2.42 bits per heavy atom. The highest BCUT2D eigenvalue weighted by Crippen LogP contribution is 2.31. The molecule has 0 aromatic heterocycles. The minimum atomic E-state index is 0.556. The summed E-state index contributed by atoms with van der Waals surface area (Å²) >= 11 is 18.3. The predicted molar refractivity (Wildman–Crippen MR) is 86.5 cm³/mol. The highest BCUT2D eigenvalue weighted by Gasteiger charge is 2.10. The molecule has 1 aromatic carbocycles. The predicted octanol–water partition coefficient (Wildman–Crippen LogP) is 5.95. The molecule has 1 nitrogen and oxygen atoms in total. The fourth-order valence-electron chi connectivity index (χ4n) is 2.08. The number of nitrogens with one attached hydrogen (secondary N) is 1. The third-order valence-corrected chi connectivity index (χ3v) is 4.61. The molecular weight excluding hydrogens is 301 g/mol. The van der Waals surface area contributed by atoms with E-state index < -0.39 is 0 Å². The summed E-state index contributed by atoms with van der Waals surface area (Å²) in [5.74, 6) is 0.719. The van der Waals surface area contributed by atoms with Gasteiger partial charge in [-0.15, -0.1) is 0 Å². The van der Waals surface area contributed by atoms with Crippen LogP contribution in [0.5, 0.6) is 0 Å². The smallest absolute Gasteiger partial charge is 0.0652 e. The van der Waals surface area contributed by atoms with Gasteiger partial charge in [0.05, 0.1) is 10.0 Å². The van der Waals surface area contributed by atoms with Crippen LogP contribution >= 0.6 is 34.8 Å². The van der Waals surface area contributed by atoms with Crippen LogP contribution in [0.1, 0.15) is 45.1 Å². The van der Waals surface area contributed by atoms with Gasteiger partial charge in [0.2, 0.25) is 0 Å². The highest BCUT2D eigenvalue weighted by molar-refractivity contribution is 6.44. The second-order valence-corrected chi connectivity index (χ2v) is 6.06. The molecule has 1 aromatic rings. The standard InChI is InChI=1S/C15H22Cl3N/c1-3-5-6-11(4-2)9-19-10-12-13(16)7-8-14(17)15(12)18/h7-8,11,19H,3-6,9-10H2,1-2H3. The third-order valence-electron chi connectivity index (χ3n) is 3.42. The van der Waals surface area contributed by atoms with Crippen molar-refractivity contribution in [2.75, 3.05) is 6.54 Å². The van der Waals surface area contributed by atoms with Crippen LogP contribution in [-0.4, -0.2) is 6.54 Å². The van der Waals surface area contributed by atoms with Crippen molar-refractivity contribution in [2.24, 2.45) is 5.92 Å². The molecule has 0 saturated heterocycles. The van der Waals surface area contributed by atoms with Gasteiger partial charge in [0.1, 0.15) is 0 Å². The van der Waals surface area contributed by atoms with Gasteiger partial charge in [-0.2, -0.15) is 0 Å². The minimum Gasteiger partial charge on any atom is -0.312 e. The molecule has 0 saturated carbocycles. The fourth-order valence-corrected chi connectivity index (χ4v) is 2.76. The summed E-state index contributed by atoms with van der Waals surface area (Å²) in [6.07, 6.45) is 5.02. The van der Waals surface area contributed by atoms with Crippen molar-refractivity contribution in [1.82, 2.24) is 5.32 Å². The SMILES string of the molecule is CCCCC(CC)CNCc1c(Cl)ccc(Cl)c1Cl. The molecule has 0 amide bonds. The van der Waals surface area contributed by atoms with Crippen molar-refractivity contribution in [2.45, 2.75) is 46.1 Å². The molecule has 0 heterocycles. The van der Waals surface area contributed by atoms with E-state index in [4.69, 9.17) is 34.8 Å². The van der Waals surface area contributed by atoms with Crippen LogP contribution in [0, 0.1) is 5.92 Å². The number of rotatable bonds is 8. The van der Waals surface area contributed by atoms with Crippen LogP contribution in [0.3, 0.4) is 0 Å². The van der Waals surface area contributed by atoms with E-state index in [2.05, 4.69) is 19.2 Å². The molecule has 108 valence electrons. The molecule has 1 rings (SSSR count). The van der Waals surface area contributed by atoms with Crippen molar-refractivity contribution in [1.29, 1.82) is 0 Å². The molecule has 1 N–H and O–H groups in total. The Hall–Kier alpha value is 0.0500. The van der Waals surface area contributed by atoms with E-state index in [0.29, 0.717) is 21.6 Å². The first kappa shape index (κ1) is 17.1. The summed E-state index contributed by atoms with van der Waals surface area (Å²) in [6.45, 7) is 6.13. The monoisotopic (exact) mass is 321 g/mol. The molecule has 1 atom stereocenters. The lowest BCUT2D eigenvalue weighted by Gasteiger charge is -2.16. The van der Waals surface area contributed by atoms with Gasteiger partial charge in [0.25, 0.3) is 0 Å². The molecule has 0 spiro atoms. The molecule has 4 heteroatoms. The minimum absolute atomic E-state index is 0.556. The van der Waals surface area contributed by atoms with E-state index in [1.165, 1.54) is 25.7 Å². The third kappa shape index (κ3) is 5.51. The molecule has 0 radical (unpaired) electrons. The molecule has 19 heavy (non-hydrogen) atoms. The van der Waals surface area contributed by atoms with Crippen LogP contribution in [0.15, 0.2) is 12.1 Å². The van der Waals surface area contributed by atoms with Gasteiger partial charge in [-0.1, -0.05) is 67.9 Å². The van der Waals surface area contributed by atoms with E-state index in [9.17, 15) is 0 Å². The first-order valence-corrected chi connectivity index (χ1v) is 8.06. The maximum Gasteiger partial charge on any atom is 0.0652 e. The number of hydrogen-bond acceptors (Lipinski definition) is 1. The lowest BCUT2D eigenvalue weighted by molar-refractivity contribution is 0.419. The maximum absolute atomic E-state index is 6.17. The molecule has 0 aliphatic carbocycles. The number of benzene rings is 1. The van der Waals surface area contributed by atoms with E-state index in [0.717, 1.165) is 18.0 Å². The average Bonchev–Trinajstić information content (AvgIpc) is 2.41. The van der Waals surface area contributed by atoms with E-state index in [-0.39, 0.29) is 0 Å². The van der Waals surface area contributed by atoms with E-state index >= 15 is 0 Å². The Balaban J connectivity index is 2.50. The Labute approximate surface area is 131 Å². The van der Waals surface area contributed by atoms with Gasteiger partial charge in [-0.25, -0.2) is 0 Å². The zero-order chi connectivity index (χ0) is 14.3. The summed E-state index contributed by atoms with van der Waals surface area (Å²) in [6, 6.07) is 3.52. The van der Waals surface area contributed by atoms with Gasteiger partial charge in [-0.3, -0.25) is 0 Å². The van der Waals surface area contributed by atoms with Gasteiger partial charge in [0.15, 0.2) is 0 Å². The topological polar surface area (TPSA) is 12.0 Å². The quantitative estimate of drug-likeness (QED) is 0.583. The summed E-state index contributed by atoms with van der Waals surface area (Å²) in [7, 11) is 0. The van der Waals surface area contributed by atoms with Crippen molar-refractivity contribution >= 4 is 34.8 Å². The van der Waals surface area contributed by atoms with Crippen LogP contribution < -0.4 is 5.32 Å². The van der Waals surface area contributed by atoms with Crippen molar-refractivity contribution in [3.8, 4) is 0 Å². The Morgan fingerprint density at radius 1 is 1.11 bits per heavy atom. The van der Waals surface area contributed by atoms with Crippen LogP contribution in [0.25, 0.3) is 0 Å². The molecule has 0 fully saturated rings. The molecule has 0 bridgehead atoms. The maximum atomic E-state index is 6.17. The first-order chi connectivity index (χ1) is 9.10. The van der Waals surface area contributed by atoms with Crippen LogP contribution in [-0.2, 0) is 6.54 Å². The molecule has 0 aliphatic rings. The number of hydrogen-bond donors (Lipinski definition) is 1. The van der Waals surface area contributed by atoms with Gasteiger partial charge < -0.3 is 5.32 Å². The normalized spacial score (nSPS) is 12.7. The number of unbranched alkanes of at least 4 members (excludes halogenated alkanes) is 1.